The standard InChI is InChI=1S/C21H22N2O5S/c1-12(20(27)23-21-16(19(22)26)9-10-29-21)28-18(25)8-7-17(24)15-6-5-13-3-2-4-14(13)11-15/h5-6,9-12H,2-4,7-8H2,1H3,(H2,22,26)(H,23,27)/t12-/m1/s1. The fraction of sp³-hybridized carbons (Fsp3) is 0.333. The van der Waals surface area contributed by atoms with E-state index in [1.165, 1.54) is 24.1 Å². The van der Waals surface area contributed by atoms with Crippen LogP contribution in [0, 0.1) is 0 Å². The number of primary amides is 1. The van der Waals surface area contributed by atoms with Crippen molar-refractivity contribution in [2.75, 3.05) is 5.32 Å². The maximum Gasteiger partial charge on any atom is 0.307 e. The molecule has 0 saturated heterocycles. The van der Waals surface area contributed by atoms with Gasteiger partial charge in [0.05, 0.1) is 12.0 Å². The first-order chi connectivity index (χ1) is 13.8. The van der Waals surface area contributed by atoms with Gasteiger partial charge in [-0.05, 0) is 54.8 Å². The van der Waals surface area contributed by atoms with Gasteiger partial charge >= 0.3 is 5.97 Å². The Kier molecular flexibility index (Phi) is 6.43. The Morgan fingerprint density at radius 1 is 1.14 bits per heavy atom. The van der Waals surface area contributed by atoms with Gasteiger partial charge in [-0.1, -0.05) is 12.1 Å². The van der Waals surface area contributed by atoms with Crippen molar-refractivity contribution in [1.82, 2.24) is 0 Å². The third kappa shape index (κ3) is 5.08. The van der Waals surface area contributed by atoms with E-state index >= 15 is 0 Å². The van der Waals surface area contributed by atoms with E-state index < -0.39 is 23.9 Å². The number of Topliss-reactive ketones (excluding diaryl/α,β-unsaturated/α-hetero) is 1. The lowest BCUT2D eigenvalue weighted by molar-refractivity contribution is -0.153. The van der Waals surface area contributed by atoms with E-state index in [0.717, 1.165) is 30.6 Å². The third-order valence-electron chi connectivity index (χ3n) is 4.82. The van der Waals surface area contributed by atoms with Gasteiger partial charge in [0.2, 0.25) is 0 Å². The van der Waals surface area contributed by atoms with E-state index in [1.807, 2.05) is 12.1 Å². The molecule has 0 spiro atoms. The zero-order valence-corrected chi connectivity index (χ0v) is 16.8. The number of hydrogen-bond donors (Lipinski definition) is 2. The largest absolute Gasteiger partial charge is 0.453 e. The molecule has 3 rings (SSSR count). The summed E-state index contributed by atoms with van der Waals surface area (Å²) in [6.45, 7) is 1.42. The number of anilines is 1. The van der Waals surface area contributed by atoms with Gasteiger partial charge in [-0.3, -0.25) is 19.2 Å². The van der Waals surface area contributed by atoms with Gasteiger partial charge < -0.3 is 15.8 Å². The SMILES string of the molecule is C[C@@H](OC(=O)CCC(=O)c1ccc2c(c1)CCC2)C(=O)Nc1sccc1C(N)=O. The lowest BCUT2D eigenvalue weighted by atomic mass is 10.0. The smallest absolute Gasteiger partial charge is 0.307 e. The molecular weight excluding hydrogens is 392 g/mol. The number of amides is 2. The minimum Gasteiger partial charge on any atom is -0.453 e. The quantitative estimate of drug-likeness (QED) is 0.509. The topological polar surface area (TPSA) is 116 Å². The van der Waals surface area contributed by atoms with Gasteiger partial charge in [0, 0.05) is 12.0 Å². The molecule has 0 radical (unpaired) electrons. The summed E-state index contributed by atoms with van der Waals surface area (Å²) in [6.07, 6.45) is 1.96. The molecule has 0 aliphatic heterocycles. The fourth-order valence-electron chi connectivity index (χ4n) is 3.23. The third-order valence-corrected chi connectivity index (χ3v) is 5.65. The van der Waals surface area contributed by atoms with Gasteiger partial charge in [0.15, 0.2) is 11.9 Å². The molecule has 1 aliphatic rings. The Morgan fingerprint density at radius 2 is 1.90 bits per heavy atom. The minimum absolute atomic E-state index is 0.0166. The van der Waals surface area contributed by atoms with Gasteiger partial charge in [-0.2, -0.15) is 0 Å². The molecule has 8 heteroatoms. The number of ether oxygens (including phenoxy) is 1. The molecule has 1 heterocycles. The first-order valence-electron chi connectivity index (χ1n) is 9.38. The van der Waals surface area contributed by atoms with Gasteiger partial charge in [-0.15, -0.1) is 11.3 Å². The molecule has 0 saturated carbocycles. The Hall–Kier alpha value is -3.00. The molecule has 7 nitrogen and oxygen atoms in total. The molecule has 2 aromatic rings. The number of esters is 1. The van der Waals surface area contributed by atoms with Crippen molar-refractivity contribution in [2.24, 2.45) is 5.73 Å². The molecule has 1 aromatic carbocycles. The van der Waals surface area contributed by atoms with Crippen LogP contribution in [0.15, 0.2) is 29.6 Å². The molecule has 1 aromatic heterocycles. The van der Waals surface area contributed by atoms with Crippen LogP contribution in [0.25, 0.3) is 0 Å². The number of hydrogen-bond acceptors (Lipinski definition) is 6. The molecule has 29 heavy (non-hydrogen) atoms. The van der Waals surface area contributed by atoms with E-state index in [1.54, 1.807) is 11.4 Å². The molecule has 152 valence electrons. The fourth-order valence-corrected chi connectivity index (χ4v) is 4.02. The van der Waals surface area contributed by atoms with Crippen molar-refractivity contribution in [3.05, 3.63) is 51.9 Å². The molecule has 2 amide bonds. The predicted octanol–water partition coefficient (Wildman–Crippen LogP) is 2.87. The van der Waals surface area contributed by atoms with E-state index in [-0.39, 0.29) is 24.2 Å². The normalized spacial score (nSPS) is 13.4. The number of ketones is 1. The van der Waals surface area contributed by atoms with E-state index in [9.17, 15) is 19.2 Å². The number of fused-ring (bicyclic) bond motifs is 1. The molecule has 0 fully saturated rings. The van der Waals surface area contributed by atoms with E-state index in [4.69, 9.17) is 10.5 Å². The van der Waals surface area contributed by atoms with Crippen LogP contribution >= 0.6 is 11.3 Å². The maximum absolute atomic E-state index is 12.4. The Morgan fingerprint density at radius 3 is 2.66 bits per heavy atom. The average molecular weight is 414 g/mol. The number of aryl methyl sites for hydroxylation is 2. The monoisotopic (exact) mass is 414 g/mol. The first kappa shape index (κ1) is 20.7. The lowest BCUT2D eigenvalue weighted by Crippen LogP contribution is -2.30. The van der Waals surface area contributed by atoms with Crippen LogP contribution in [0.4, 0.5) is 5.00 Å². The van der Waals surface area contributed by atoms with Crippen molar-refractivity contribution < 1.29 is 23.9 Å². The molecule has 0 bridgehead atoms. The van der Waals surface area contributed by atoms with Gasteiger partial charge in [0.1, 0.15) is 5.00 Å². The average Bonchev–Trinajstić information content (AvgIpc) is 3.34. The molecule has 1 atom stereocenters. The summed E-state index contributed by atoms with van der Waals surface area (Å²) in [5.74, 6) is -1.99. The predicted molar refractivity (Wildman–Crippen MR) is 109 cm³/mol. The van der Waals surface area contributed by atoms with Crippen molar-refractivity contribution in [1.29, 1.82) is 0 Å². The van der Waals surface area contributed by atoms with Crippen molar-refractivity contribution in [3.63, 3.8) is 0 Å². The second-order valence-corrected chi connectivity index (χ2v) is 7.83. The number of benzene rings is 1. The van der Waals surface area contributed by atoms with Gasteiger partial charge in [0.25, 0.3) is 11.8 Å². The van der Waals surface area contributed by atoms with Crippen LogP contribution in [0.3, 0.4) is 0 Å². The highest BCUT2D eigenvalue weighted by Crippen LogP contribution is 2.24. The summed E-state index contributed by atoms with van der Waals surface area (Å²) in [7, 11) is 0. The zero-order valence-electron chi connectivity index (χ0n) is 16.0. The number of nitrogens with one attached hydrogen (secondary N) is 1. The van der Waals surface area contributed by atoms with Crippen LogP contribution in [0.2, 0.25) is 0 Å². The van der Waals surface area contributed by atoms with Crippen molar-refractivity contribution >= 4 is 39.9 Å². The second kappa shape index (κ2) is 9.00. The van der Waals surface area contributed by atoms with Crippen LogP contribution < -0.4 is 11.1 Å². The molecule has 0 unspecified atom stereocenters. The Bertz CT molecular complexity index is 966. The Labute approximate surface area is 172 Å². The second-order valence-electron chi connectivity index (χ2n) is 6.91. The number of carbonyl (C=O) groups excluding carboxylic acids is 4. The summed E-state index contributed by atoms with van der Waals surface area (Å²) in [6, 6.07) is 7.18. The summed E-state index contributed by atoms with van der Waals surface area (Å²) < 4.78 is 5.11. The summed E-state index contributed by atoms with van der Waals surface area (Å²) >= 11 is 1.14. The van der Waals surface area contributed by atoms with Crippen LogP contribution in [0.1, 0.15) is 58.0 Å². The minimum atomic E-state index is -1.07. The molecular formula is C21H22N2O5S. The highest BCUT2D eigenvalue weighted by atomic mass is 32.1. The number of carbonyl (C=O) groups is 4. The van der Waals surface area contributed by atoms with Crippen molar-refractivity contribution in [2.45, 2.75) is 45.1 Å². The lowest BCUT2D eigenvalue weighted by Gasteiger charge is -2.13. The summed E-state index contributed by atoms with van der Waals surface area (Å²) in [5.41, 5.74) is 8.52. The number of thiophene rings is 1. The summed E-state index contributed by atoms with van der Waals surface area (Å²) in [5, 5.41) is 4.45. The highest BCUT2D eigenvalue weighted by molar-refractivity contribution is 7.14. The molecule has 1 aliphatic carbocycles. The number of rotatable bonds is 8. The van der Waals surface area contributed by atoms with Crippen molar-refractivity contribution in [3.8, 4) is 0 Å². The zero-order chi connectivity index (χ0) is 21.0. The van der Waals surface area contributed by atoms with Gasteiger partial charge in [-0.25, -0.2) is 0 Å². The van der Waals surface area contributed by atoms with Crippen LogP contribution in [0.5, 0.6) is 0 Å². The van der Waals surface area contributed by atoms with E-state index in [0.29, 0.717) is 10.6 Å². The van der Waals surface area contributed by atoms with E-state index in [2.05, 4.69) is 5.32 Å². The molecule has 3 N–H and O–H groups in total. The number of nitrogens with two attached hydrogens (primary N) is 1. The summed E-state index contributed by atoms with van der Waals surface area (Å²) in [4.78, 5) is 47.9. The van der Waals surface area contributed by atoms with Crippen LogP contribution in [-0.4, -0.2) is 29.7 Å². The maximum atomic E-state index is 12.4. The highest BCUT2D eigenvalue weighted by Gasteiger charge is 2.21. The first-order valence-corrected chi connectivity index (χ1v) is 10.3. The Balaban J connectivity index is 1.48. The van der Waals surface area contributed by atoms with Crippen LogP contribution in [-0.2, 0) is 27.2 Å².